The summed E-state index contributed by atoms with van der Waals surface area (Å²) in [4.78, 5) is 38.2. The summed E-state index contributed by atoms with van der Waals surface area (Å²) in [5.74, 6) is -0.550. The number of imidazole rings is 1. The van der Waals surface area contributed by atoms with Crippen LogP contribution in [0.1, 0.15) is 10.4 Å². The molecule has 11 heteroatoms. The molecule has 1 aliphatic rings. The second kappa shape index (κ2) is 5.95. The molecule has 10 nitrogen and oxygen atoms in total. The van der Waals surface area contributed by atoms with Crippen molar-refractivity contribution in [2.75, 3.05) is 0 Å². The van der Waals surface area contributed by atoms with E-state index in [1.165, 1.54) is 30.1 Å². The first-order valence-electron chi connectivity index (χ1n) is 7.38. The molecule has 4 rings (SSSR count). The van der Waals surface area contributed by atoms with Crippen LogP contribution in [0.4, 0.5) is 0 Å². The minimum absolute atomic E-state index is 0.0648. The lowest BCUT2D eigenvalue weighted by molar-refractivity contribution is 0.0985. The molecule has 3 heterocycles. The summed E-state index contributed by atoms with van der Waals surface area (Å²) >= 11 is 0. The fourth-order valence-corrected chi connectivity index (χ4v) is 3.76. The lowest BCUT2D eigenvalue weighted by Gasteiger charge is -2.02. The summed E-state index contributed by atoms with van der Waals surface area (Å²) in [6.45, 7) is 0. The molecule has 1 aromatic carbocycles. The summed E-state index contributed by atoms with van der Waals surface area (Å²) in [6, 6.07) is 6.09. The van der Waals surface area contributed by atoms with Crippen molar-refractivity contribution < 1.29 is 13.2 Å². The average molecular weight is 377 g/mol. The van der Waals surface area contributed by atoms with E-state index in [4.69, 9.17) is 0 Å². The zero-order chi connectivity index (χ0) is 19.2. The van der Waals surface area contributed by atoms with Crippen molar-refractivity contribution in [2.45, 2.75) is 4.90 Å². The van der Waals surface area contributed by atoms with Crippen molar-refractivity contribution in [3.8, 4) is 0 Å². The minimum atomic E-state index is -3.55. The number of hydrogen-bond acceptors (Lipinski definition) is 6. The fourth-order valence-electron chi connectivity index (χ4n) is 2.59. The zero-order valence-electron chi connectivity index (χ0n) is 14.1. The van der Waals surface area contributed by atoms with Crippen LogP contribution >= 0.6 is 0 Å². The third kappa shape index (κ3) is 2.62. The zero-order valence-corrected chi connectivity index (χ0v) is 14.9. The van der Waals surface area contributed by atoms with Crippen LogP contribution in [0.25, 0.3) is 11.2 Å². The molecular formula is C15H15N5O5S. The maximum absolute atomic E-state index is 11.7. The molecule has 26 heavy (non-hydrogen) atoms. The van der Waals surface area contributed by atoms with Gasteiger partial charge in [-0.3, -0.25) is 18.7 Å². The van der Waals surface area contributed by atoms with Gasteiger partial charge in [0.2, 0.25) is 0 Å². The van der Waals surface area contributed by atoms with Crippen LogP contribution in [0, 0.1) is 0 Å². The summed E-state index contributed by atoms with van der Waals surface area (Å²) in [5, 5.41) is 0. The molecular weight excluding hydrogens is 362 g/mol. The van der Waals surface area contributed by atoms with Crippen LogP contribution in [0.3, 0.4) is 0 Å². The Hall–Kier alpha value is -3.21. The van der Waals surface area contributed by atoms with Gasteiger partial charge >= 0.3 is 5.69 Å². The molecule has 0 bridgehead atoms. The molecule has 136 valence electrons. The number of hydrogen-bond donors (Lipinski definition) is 1. The number of fused-ring (bicyclic) bond motifs is 2. The van der Waals surface area contributed by atoms with Crippen LogP contribution < -0.4 is 16.0 Å². The predicted octanol–water partition coefficient (Wildman–Crippen LogP) is -0.911. The molecule has 0 radical (unpaired) electrons. The Labute approximate surface area is 147 Å². The van der Waals surface area contributed by atoms with Crippen LogP contribution in [0.2, 0.25) is 0 Å². The number of nitrogens with one attached hydrogen (secondary N) is 1. The molecule has 2 aromatic heterocycles. The second-order valence-corrected chi connectivity index (χ2v) is 7.32. The number of sulfonamides is 1. The van der Waals surface area contributed by atoms with Crippen LogP contribution in [-0.4, -0.2) is 33.0 Å². The van der Waals surface area contributed by atoms with Crippen molar-refractivity contribution in [1.29, 1.82) is 0 Å². The Morgan fingerprint density at radius 1 is 1.00 bits per heavy atom. The maximum Gasteiger partial charge on any atom is 0.332 e. The average Bonchev–Trinajstić information content (AvgIpc) is 3.10. The number of aromatic nitrogens is 4. The van der Waals surface area contributed by atoms with Gasteiger partial charge in [0.25, 0.3) is 21.5 Å². The lowest BCUT2D eigenvalue weighted by atomic mass is 10.2. The van der Waals surface area contributed by atoms with Crippen LogP contribution in [0.5, 0.6) is 0 Å². The fraction of sp³-hybridized carbons (Fsp3) is 0.200. The standard InChI is InChI=1S/C8H10N4O2.C7H5NO3S/c1-10-4-9-6-5(10)7(13)12(3)8(14)11(6)2;9-7-5-3-1-2-4-6(5)12(10,11)8-7/h4H,1-3H3;1-4H,(H,8,9). The maximum atomic E-state index is 11.7. The number of amides is 1. The first-order chi connectivity index (χ1) is 12.1. The van der Waals surface area contributed by atoms with E-state index >= 15 is 0 Å². The van der Waals surface area contributed by atoms with E-state index in [0.29, 0.717) is 11.2 Å². The molecule has 0 fully saturated rings. The first-order valence-corrected chi connectivity index (χ1v) is 8.86. The number of carbonyl (C=O) groups is 1. The van der Waals surface area contributed by atoms with E-state index in [2.05, 4.69) is 4.98 Å². The number of benzene rings is 1. The summed E-state index contributed by atoms with van der Waals surface area (Å²) < 4.78 is 28.2. The quantitative estimate of drug-likeness (QED) is 0.541. The number of aryl methyl sites for hydroxylation is 2. The third-order valence-electron chi connectivity index (χ3n) is 3.96. The van der Waals surface area contributed by atoms with Gasteiger partial charge in [-0.05, 0) is 12.1 Å². The Morgan fingerprint density at radius 2 is 1.65 bits per heavy atom. The Kier molecular flexibility index (Phi) is 4.03. The highest BCUT2D eigenvalue weighted by Gasteiger charge is 2.31. The van der Waals surface area contributed by atoms with Gasteiger partial charge < -0.3 is 4.57 Å². The molecule has 0 spiro atoms. The molecule has 0 saturated heterocycles. The smallest absolute Gasteiger partial charge is 0.328 e. The van der Waals surface area contributed by atoms with Crippen molar-refractivity contribution in [3.05, 3.63) is 57.0 Å². The van der Waals surface area contributed by atoms with Gasteiger partial charge in [0.1, 0.15) is 4.90 Å². The molecule has 0 unspecified atom stereocenters. The van der Waals surface area contributed by atoms with Gasteiger partial charge in [0.05, 0.1) is 11.9 Å². The van der Waals surface area contributed by atoms with Gasteiger partial charge in [-0.1, -0.05) is 12.1 Å². The molecule has 0 saturated carbocycles. The highest BCUT2D eigenvalue weighted by Crippen LogP contribution is 2.20. The SMILES string of the molecule is Cn1c(=O)c2c(ncn2C)n(C)c1=O.O=C1NS(=O)(=O)c2ccccc21. The van der Waals surface area contributed by atoms with Crippen molar-refractivity contribution in [3.63, 3.8) is 0 Å². The topological polar surface area (TPSA) is 125 Å². The van der Waals surface area contributed by atoms with E-state index in [0.717, 1.165) is 4.57 Å². The normalized spacial score (nSPS) is 14.5. The monoisotopic (exact) mass is 377 g/mol. The molecule has 0 aliphatic carbocycles. The minimum Gasteiger partial charge on any atom is -0.328 e. The highest BCUT2D eigenvalue weighted by molar-refractivity contribution is 7.90. The van der Waals surface area contributed by atoms with E-state index in [1.807, 2.05) is 4.72 Å². The largest absolute Gasteiger partial charge is 0.332 e. The Balaban J connectivity index is 0.000000152. The Bertz CT molecular complexity index is 1270. The van der Waals surface area contributed by atoms with E-state index in [1.54, 1.807) is 30.8 Å². The molecule has 1 amide bonds. The summed E-state index contributed by atoms with van der Waals surface area (Å²) in [5.41, 5.74) is 0.400. The van der Waals surface area contributed by atoms with Gasteiger partial charge in [-0.2, -0.15) is 0 Å². The molecule has 0 atom stereocenters. The highest BCUT2D eigenvalue weighted by atomic mass is 32.2. The number of nitrogens with zero attached hydrogens (tertiary/aromatic N) is 4. The number of carbonyl (C=O) groups excluding carboxylic acids is 1. The second-order valence-electron chi connectivity index (χ2n) is 5.66. The predicted molar refractivity (Wildman–Crippen MR) is 92.3 cm³/mol. The van der Waals surface area contributed by atoms with Crippen molar-refractivity contribution in [2.24, 2.45) is 21.1 Å². The van der Waals surface area contributed by atoms with E-state index in [-0.39, 0.29) is 21.7 Å². The molecule has 3 aromatic rings. The van der Waals surface area contributed by atoms with E-state index in [9.17, 15) is 22.8 Å². The Morgan fingerprint density at radius 3 is 2.31 bits per heavy atom. The van der Waals surface area contributed by atoms with Gasteiger partial charge in [0.15, 0.2) is 11.2 Å². The molecule has 1 N–H and O–H groups in total. The third-order valence-corrected chi connectivity index (χ3v) is 5.35. The molecule has 1 aliphatic heterocycles. The van der Waals surface area contributed by atoms with Gasteiger partial charge in [0, 0.05) is 21.1 Å². The first kappa shape index (κ1) is 17.6. The summed E-state index contributed by atoms with van der Waals surface area (Å²) in [7, 11) is 1.22. The van der Waals surface area contributed by atoms with Gasteiger partial charge in [-0.25, -0.2) is 22.9 Å². The van der Waals surface area contributed by atoms with Crippen molar-refractivity contribution in [1.82, 2.24) is 23.4 Å². The van der Waals surface area contributed by atoms with Gasteiger partial charge in [-0.15, -0.1) is 0 Å². The summed E-state index contributed by atoms with van der Waals surface area (Å²) in [6.07, 6.45) is 1.52. The van der Waals surface area contributed by atoms with Crippen LogP contribution in [0.15, 0.2) is 45.1 Å². The number of rotatable bonds is 0. The van der Waals surface area contributed by atoms with Crippen molar-refractivity contribution >= 4 is 27.1 Å². The lowest BCUT2D eigenvalue weighted by Crippen LogP contribution is -2.37. The van der Waals surface area contributed by atoms with Crippen LogP contribution in [-0.2, 0) is 31.2 Å². The van der Waals surface area contributed by atoms with E-state index < -0.39 is 15.9 Å².